The molecule has 2 heterocycles. The van der Waals surface area contributed by atoms with Gasteiger partial charge in [-0.15, -0.1) is 0 Å². The first kappa shape index (κ1) is 15.2. The molecule has 2 aromatic heterocycles. The average Bonchev–Trinajstić information content (AvgIpc) is 2.99. The first-order valence-corrected chi connectivity index (χ1v) is 7.11. The lowest BCUT2D eigenvalue weighted by Gasteiger charge is -2.08. The van der Waals surface area contributed by atoms with Gasteiger partial charge in [0, 0.05) is 19.5 Å². The van der Waals surface area contributed by atoms with Gasteiger partial charge in [-0.05, 0) is 25.5 Å². The maximum atomic E-state index is 12.1. The van der Waals surface area contributed by atoms with Crippen LogP contribution in [0.15, 0.2) is 18.5 Å². The Bertz CT molecular complexity index is 586. The van der Waals surface area contributed by atoms with E-state index in [1.54, 1.807) is 12.1 Å². The summed E-state index contributed by atoms with van der Waals surface area (Å²) in [5.41, 5.74) is 0.231. The number of hydrogen-bond acceptors (Lipinski definition) is 5. The van der Waals surface area contributed by atoms with Crippen molar-refractivity contribution >= 4 is 23.3 Å². The molecule has 0 unspecified atom stereocenters. The second-order valence-electron chi connectivity index (χ2n) is 4.35. The van der Waals surface area contributed by atoms with E-state index in [0.29, 0.717) is 17.4 Å². The second-order valence-corrected chi connectivity index (χ2v) is 4.76. The number of aryl methyl sites for hydroxylation is 1. The molecular formula is C13H17ClN6O. The van der Waals surface area contributed by atoms with Gasteiger partial charge in [0.25, 0.3) is 5.91 Å². The van der Waals surface area contributed by atoms with Crippen LogP contribution in [0.25, 0.3) is 0 Å². The fourth-order valence-electron chi connectivity index (χ4n) is 1.77. The molecule has 0 spiro atoms. The van der Waals surface area contributed by atoms with Crippen LogP contribution in [0.2, 0.25) is 5.02 Å². The summed E-state index contributed by atoms with van der Waals surface area (Å²) in [6.07, 6.45) is 2.94. The summed E-state index contributed by atoms with van der Waals surface area (Å²) in [5, 5.41) is 12.7. The average molecular weight is 309 g/mol. The van der Waals surface area contributed by atoms with Crippen molar-refractivity contribution in [3.05, 3.63) is 35.0 Å². The summed E-state index contributed by atoms with van der Waals surface area (Å²) in [6.45, 7) is 3.20. The van der Waals surface area contributed by atoms with Gasteiger partial charge in [0.2, 0.25) is 0 Å². The van der Waals surface area contributed by atoms with Crippen molar-refractivity contribution in [2.45, 2.75) is 19.8 Å². The third kappa shape index (κ3) is 4.42. The molecular weight excluding hydrogens is 292 g/mol. The third-order valence-corrected chi connectivity index (χ3v) is 3.06. The van der Waals surface area contributed by atoms with Crippen molar-refractivity contribution in [3.63, 3.8) is 0 Å². The molecule has 0 aliphatic rings. The fraction of sp³-hybridized carbons (Fsp3) is 0.385. The van der Waals surface area contributed by atoms with Crippen LogP contribution in [0.5, 0.6) is 0 Å². The molecule has 1 amide bonds. The lowest BCUT2D eigenvalue weighted by atomic mass is 10.3. The maximum Gasteiger partial charge on any atom is 0.271 e. The minimum Gasteiger partial charge on any atom is -0.370 e. The molecule has 0 fully saturated rings. The van der Waals surface area contributed by atoms with E-state index < -0.39 is 0 Å². The molecule has 21 heavy (non-hydrogen) atoms. The Balaban J connectivity index is 1.86. The van der Waals surface area contributed by atoms with Crippen LogP contribution in [0, 0.1) is 0 Å². The molecule has 0 radical (unpaired) electrons. The number of anilines is 1. The van der Waals surface area contributed by atoms with E-state index >= 15 is 0 Å². The summed E-state index contributed by atoms with van der Waals surface area (Å²) in [7, 11) is 0. The first-order valence-electron chi connectivity index (χ1n) is 6.73. The van der Waals surface area contributed by atoms with Crippen LogP contribution >= 0.6 is 11.6 Å². The molecule has 2 rings (SSSR count). The van der Waals surface area contributed by atoms with Gasteiger partial charge in [-0.3, -0.25) is 9.89 Å². The summed E-state index contributed by atoms with van der Waals surface area (Å²) in [5.74, 6) is 1.15. The SMILES string of the molecule is CCNc1ccc(Cl)c(C(=O)NCCCc2ncn[nH]2)n1. The summed E-state index contributed by atoms with van der Waals surface area (Å²) in [6, 6.07) is 3.41. The predicted molar refractivity (Wildman–Crippen MR) is 80.4 cm³/mol. The van der Waals surface area contributed by atoms with Crippen LogP contribution in [0.1, 0.15) is 29.7 Å². The van der Waals surface area contributed by atoms with Gasteiger partial charge >= 0.3 is 0 Å². The number of aromatic nitrogens is 4. The number of amides is 1. The number of halogens is 1. The number of pyridine rings is 1. The predicted octanol–water partition coefficient (Wildman–Crippen LogP) is 1.65. The molecule has 3 N–H and O–H groups in total. The maximum absolute atomic E-state index is 12.1. The normalized spacial score (nSPS) is 10.4. The monoisotopic (exact) mass is 308 g/mol. The van der Waals surface area contributed by atoms with Crippen LogP contribution in [-0.4, -0.2) is 39.2 Å². The number of nitrogens with one attached hydrogen (secondary N) is 3. The van der Waals surface area contributed by atoms with Gasteiger partial charge in [0.1, 0.15) is 23.7 Å². The van der Waals surface area contributed by atoms with Crippen molar-refractivity contribution in [1.29, 1.82) is 0 Å². The summed E-state index contributed by atoms with van der Waals surface area (Å²) < 4.78 is 0. The van der Waals surface area contributed by atoms with E-state index in [0.717, 1.165) is 25.2 Å². The zero-order valence-electron chi connectivity index (χ0n) is 11.7. The Morgan fingerprint density at radius 3 is 3.00 bits per heavy atom. The van der Waals surface area contributed by atoms with E-state index in [-0.39, 0.29) is 11.6 Å². The largest absolute Gasteiger partial charge is 0.370 e. The first-order chi connectivity index (χ1) is 10.2. The number of carbonyl (C=O) groups excluding carboxylic acids is 1. The van der Waals surface area contributed by atoms with Gasteiger partial charge in [-0.25, -0.2) is 9.97 Å². The van der Waals surface area contributed by atoms with E-state index in [9.17, 15) is 4.79 Å². The van der Waals surface area contributed by atoms with Gasteiger partial charge in [-0.2, -0.15) is 5.10 Å². The van der Waals surface area contributed by atoms with Crippen molar-refractivity contribution in [3.8, 4) is 0 Å². The lowest BCUT2D eigenvalue weighted by Crippen LogP contribution is -2.26. The highest BCUT2D eigenvalue weighted by atomic mass is 35.5. The van der Waals surface area contributed by atoms with Crippen LogP contribution in [0.4, 0.5) is 5.82 Å². The number of hydrogen-bond donors (Lipinski definition) is 3. The van der Waals surface area contributed by atoms with Crippen molar-refractivity contribution in [2.75, 3.05) is 18.4 Å². The Kier molecular flexibility index (Phi) is 5.51. The van der Waals surface area contributed by atoms with Crippen LogP contribution in [-0.2, 0) is 6.42 Å². The minimum atomic E-state index is -0.280. The van der Waals surface area contributed by atoms with E-state index in [1.807, 2.05) is 6.92 Å². The van der Waals surface area contributed by atoms with Crippen LogP contribution in [0.3, 0.4) is 0 Å². The van der Waals surface area contributed by atoms with E-state index in [2.05, 4.69) is 30.8 Å². The van der Waals surface area contributed by atoms with Gasteiger partial charge in [0.05, 0.1) is 5.02 Å². The number of aromatic amines is 1. The molecule has 0 aliphatic carbocycles. The van der Waals surface area contributed by atoms with Gasteiger partial charge in [-0.1, -0.05) is 11.6 Å². The lowest BCUT2D eigenvalue weighted by molar-refractivity contribution is 0.0948. The second kappa shape index (κ2) is 7.58. The quantitative estimate of drug-likeness (QED) is 0.676. The number of H-pyrrole nitrogens is 1. The minimum absolute atomic E-state index is 0.231. The smallest absolute Gasteiger partial charge is 0.271 e. The molecule has 0 aliphatic heterocycles. The molecule has 7 nitrogen and oxygen atoms in total. The van der Waals surface area contributed by atoms with Crippen LogP contribution < -0.4 is 10.6 Å². The number of rotatable bonds is 7. The topological polar surface area (TPSA) is 95.6 Å². The Hall–Kier alpha value is -2.15. The van der Waals surface area contributed by atoms with E-state index in [1.165, 1.54) is 6.33 Å². The molecule has 0 saturated carbocycles. The summed E-state index contributed by atoms with van der Waals surface area (Å²) in [4.78, 5) is 20.3. The van der Waals surface area contributed by atoms with Crippen molar-refractivity contribution in [2.24, 2.45) is 0 Å². The Morgan fingerprint density at radius 2 is 2.29 bits per heavy atom. The van der Waals surface area contributed by atoms with Gasteiger partial charge in [0.15, 0.2) is 0 Å². The zero-order valence-corrected chi connectivity index (χ0v) is 12.4. The number of nitrogens with zero attached hydrogens (tertiary/aromatic N) is 3. The molecule has 112 valence electrons. The Labute approximate surface area is 127 Å². The highest BCUT2D eigenvalue weighted by Crippen LogP contribution is 2.16. The summed E-state index contributed by atoms with van der Waals surface area (Å²) >= 11 is 6.01. The highest BCUT2D eigenvalue weighted by molar-refractivity contribution is 6.33. The molecule has 0 aromatic carbocycles. The van der Waals surface area contributed by atoms with Gasteiger partial charge < -0.3 is 10.6 Å². The molecule has 8 heteroatoms. The fourth-order valence-corrected chi connectivity index (χ4v) is 1.96. The van der Waals surface area contributed by atoms with E-state index in [4.69, 9.17) is 11.6 Å². The van der Waals surface area contributed by atoms with Crippen molar-refractivity contribution < 1.29 is 4.79 Å². The number of carbonyl (C=O) groups is 1. The third-order valence-electron chi connectivity index (χ3n) is 2.76. The molecule has 2 aromatic rings. The Morgan fingerprint density at radius 1 is 1.43 bits per heavy atom. The highest BCUT2D eigenvalue weighted by Gasteiger charge is 2.12. The zero-order chi connectivity index (χ0) is 15.1. The molecule has 0 bridgehead atoms. The molecule has 0 atom stereocenters. The standard InChI is InChI=1S/C13H17ClN6O/c1-2-15-10-6-5-9(14)12(19-10)13(21)16-7-3-4-11-17-8-18-20-11/h5-6,8H,2-4,7H2,1H3,(H,15,19)(H,16,21)(H,17,18,20). The molecule has 0 saturated heterocycles. The van der Waals surface area contributed by atoms with Crippen molar-refractivity contribution in [1.82, 2.24) is 25.5 Å².